The molecular formula is C10H11FO3. The first kappa shape index (κ1) is 10.5. The summed E-state index contributed by atoms with van der Waals surface area (Å²) in [6, 6.07) is 4.43. The third-order valence-corrected chi connectivity index (χ3v) is 1.93. The van der Waals surface area contributed by atoms with Gasteiger partial charge in [0.15, 0.2) is 0 Å². The van der Waals surface area contributed by atoms with Gasteiger partial charge in [-0.15, -0.1) is 0 Å². The summed E-state index contributed by atoms with van der Waals surface area (Å²) >= 11 is 0. The van der Waals surface area contributed by atoms with Crippen LogP contribution in [-0.2, 0) is 4.79 Å². The van der Waals surface area contributed by atoms with E-state index in [1.54, 1.807) is 13.0 Å². The molecule has 0 heterocycles. The summed E-state index contributed by atoms with van der Waals surface area (Å²) in [5.74, 6) is -0.860. The quantitative estimate of drug-likeness (QED) is 0.808. The van der Waals surface area contributed by atoms with E-state index in [0.29, 0.717) is 11.3 Å². The number of aliphatic carboxylic acids is 1. The molecule has 0 saturated carbocycles. The molecule has 0 fully saturated rings. The van der Waals surface area contributed by atoms with E-state index in [2.05, 4.69) is 0 Å². The van der Waals surface area contributed by atoms with E-state index in [1.165, 1.54) is 19.2 Å². The standard InChI is InChI=1S/C10H11FO3/c1-6-5-7(9(11)10(12)13)3-4-8(6)14-2/h3-5,9H,1-2H3,(H,12,13). The summed E-state index contributed by atoms with van der Waals surface area (Å²) in [7, 11) is 1.51. The van der Waals surface area contributed by atoms with Crippen LogP contribution in [0.2, 0.25) is 0 Å². The predicted octanol–water partition coefficient (Wildman–Crippen LogP) is 2.10. The number of hydrogen-bond donors (Lipinski definition) is 1. The molecule has 0 amide bonds. The number of carbonyl (C=O) groups is 1. The first-order valence-corrected chi connectivity index (χ1v) is 4.07. The van der Waals surface area contributed by atoms with Crippen LogP contribution in [-0.4, -0.2) is 18.2 Å². The largest absolute Gasteiger partial charge is 0.496 e. The van der Waals surface area contributed by atoms with E-state index in [-0.39, 0.29) is 5.56 Å². The van der Waals surface area contributed by atoms with Gasteiger partial charge in [-0.25, -0.2) is 9.18 Å². The van der Waals surface area contributed by atoms with E-state index < -0.39 is 12.1 Å². The molecule has 0 spiro atoms. The highest BCUT2D eigenvalue weighted by Crippen LogP contribution is 2.24. The van der Waals surface area contributed by atoms with Gasteiger partial charge >= 0.3 is 5.97 Å². The van der Waals surface area contributed by atoms with Gasteiger partial charge in [-0.1, -0.05) is 6.07 Å². The lowest BCUT2D eigenvalue weighted by Gasteiger charge is -2.08. The van der Waals surface area contributed by atoms with Crippen LogP contribution in [0.15, 0.2) is 18.2 Å². The Hall–Kier alpha value is -1.58. The molecule has 0 aliphatic heterocycles. The Labute approximate surface area is 81.1 Å². The molecular weight excluding hydrogens is 187 g/mol. The van der Waals surface area contributed by atoms with Crippen LogP contribution >= 0.6 is 0 Å². The normalized spacial score (nSPS) is 12.2. The number of carboxylic acids is 1. The van der Waals surface area contributed by atoms with Gasteiger partial charge < -0.3 is 9.84 Å². The fraction of sp³-hybridized carbons (Fsp3) is 0.300. The second kappa shape index (κ2) is 4.09. The van der Waals surface area contributed by atoms with Gasteiger partial charge in [0.25, 0.3) is 0 Å². The summed E-state index contributed by atoms with van der Waals surface area (Å²) in [4.78, 5) is 10.4. The maximum absolute atomic E-state index is 13.0. The highest BCUT2D eigenvalue weighted by atomic mass is 19.1. The molecule has 0 bridgehead atoms. The topological polar surface area (TPSA) is 46.5 Å². The van der Waals surface area contributed by atoms with Crippen molar-refractivity contribution in [1.82, 2.24) is 0 Å². The van der Waals surface area contributed by atoms with Crippen molar-refractivity contribution < 1.29 is 19.0 Å². The minimum Gasteiger partial charge on any atom is -0.496 e. The van der Waals surface area contributed by atoms with Gasteiger partial charge in [0.1, 0.15) is 5.75 Å². The zero-order chi connectivity index (χ0) is 10.7. The molecule has 1 aromatic carbocycles. The van der Waals surface area contributed by atoms with Gasteiger partial charge in [-0.2, -0.15) is 0 Å². The Balaban J connectivity index is 3.02. The molecule has 0 aliphatic carbocycles. The van der Waals surface area contributed by atoms with E-state index >= 15 is 0 Å². The molecule has 0 saturated heterocycles. The smallest absolute Gasteiger partial charge is 0.343 e. The van der Waals surface area contributed by atoms with Gasteiger partial charge in [0.2, 0.25) is 6.17 Å². The second-order valence-corrected chi connectivity index (χ2v) is 2.93. The first-order valence-electron chi connectivity index (χ1n) is 4.07. The Kier molecular flexibility index (Phi) is 3.06. The molecule has 3 nitrogen and oxygen atoms in total. The molecule has 76 valence electrons. The SMILES string of the molecule is COc1ccc(C(F)C(=O)O)cc1C. The van der Waals surface area contributed by atoms with Gasteiger partial charge in [0.05, 0.1) is 7.11 Å². The van der Waals surface area contributed by atoms with Crippen molar-refractivity contribution >= 4 is 5.97 Å². The van der Waals surface area contributed by atoms with Crippen LogP contribution in [0.4, 0.5) is 4.39 Å². The lowest BCUT2D eigenvalue weighted by Crippen LogP contribution is -2.06. The van der Waals surface area contributed by atoms with Crippen molar-refractivity contribution in [2.24, 2.45) is 0 Å². The lowest BCUT2D eigenvalue weighted by molar-refractivity contribution is -0.143. The number of methoxy groups -OCH3 is 1. The monoisotopic (exact) mass is 198 g/mol. The van der Waals surface area contributed by atoms with Crippen LogP contribution in [0.1, 0.15) is 17.3 Å². The van der Waals surface area contributed by atoms with Crippen LogP contribution < -0.4 is 4.74 Å². The molecule has 14 heavy (non-hydrogen) atoms. The highest BCUT2D eigenvalue weighted by Gasteiger charge is 2.18. The number of ether oxygens (including phenoxy) is 1. The second-order valence-electron chi connectivity index (χ2n) is 2.93. The zero-order valence-corrected chi connectivity index (χ0v) is 7.95. The predicted molar refractivity (Wildman–Crippen MR) is 49.2 cm³/mol. The van der Waals surface area contributed by atoms with Crippen LogP contribution in [0.3, 0.4) is 0 Å². The van der Waals surface area contributed by atoms with Crippen molar-refractivity contribution in [1.29, 1.82) is 0 Å². The third-order valence-electron chi connectivity index (χ3n) is 1.93. The number of rotatable bonds is 3. The van der Waals surface area contributed by atoms with Crippen LogP contribution in [0.5, 0.6) is 5.75 Å². The summed E-state index contributed by atoms with van der Waals surface area (Å²) < 4.78 is 18.0. The molecule has 1 N–H and O–H groups in total. The first-order chi connectivity index (χ1) is 6.56. The van der Waals surface area contributed by atoms with Crippen molar-refractivity contribution in [3.8, 4) is 5.75 Å². The Morgan fingerprint density at radius 3 is 2.64 bits per heavy atom. The lowest BCUT2D eigenvalue weighted by atomic mass is 10.1. The van der Waals surface area contributed by atoms with E-state index in [1.807, 2.05) is 0 Å². The molecule has 1 aromatic rings. The molecule has 1 unspecified atom stereocenters. The van der Waals surface area contributed by atoms with Crippen LogP contribution in [0, 0.1) is 6.92 Å². The summed E-state index contributed by atoms with van der Waals surface area (Å²) in [6.45, 7) is 1.73. The molecule has 0 aromatic heterocycles. The summed E-state index contributed by atoms with van der Waals surface area (Å²) in [5.41, 5.74) is 0.852. The highest BCUT2D eigenvalue weighted by molar-refractivity contribution is 5.74. The van der Waals surface area contributed by atoms with Crippen molar-refractivity contribution in [2.45, 2.75) is 13.1 Å². The Morgan fingerprint density at radius 1 is 1.57 bits per heavy atom. The molecule has 0 aliphatic rings. The molecule has 1 rings (SSSR count). The fourth-order valence-electron chi connectivity index (χ4n) is 1.20. The van der Waals surface area contributed by atoms with E-state index in [9.17, 15) is 9.18 Å². The number of hydrogen-bond acceptors (Lipinski definition) is 2. The molecule has 1 atom stereocenters. The Bertz CT molecular complexity index is 349. The summed E-state index contributed by atoms with van der Waals surface area (Å²) in [6.07, 6.45) is -1.97. The molecule has 4 heteroatoms. The van der Waals surface area contributed by atoms with Gasteiger partial charge in [-0.3, -0.25) is 0 Å². The summed E-state index contributed by atoms with van der Waals surface area (Å²) in [5, 5.41) is 8.45. The van der Waals surface area contributed by atoms with Crippen molar-refractivity contribution in [2.75, 3.05) is 7.11 Å². The average Bonchev–Trinajstić information content (AvgIpc) is 2.16. The maximum Gasteiger partial charge on any atom is 0.343 e. The molecule has 0 radical (unpaired) electrons. The van der Waals surface area contributed by atoms with Crippen LogP contribution in [0.25, 0.3) is 0 Å². The third kappa shape index (κ3) is 2.02. The number of halogens is 1. The van der Waals surface area contributed by atoms with Gasteiger partial charge in [-0.05, 0) is 30.2 Å². The number of carboxylic acid groups (broad SMARTS) is 1. The average molecular weight is 198 g/mol. The van der Waals surface area contributed by atoms with E-state index in [4.69, 9.17) is 9.84 Å². The Morgan fingerprint density at radius 2 is 2.21 bits per heavy atom. The minimum absolute atomic E-state index is 0.135. The zero-order valence-electron chi connectivity index (χ0n) is 7.95. The number of alkyl halides is 1. The fourth-order valence-corrected chi connectivity index (χ4v) is 1.20. The van der Waals surface area contributed by atoms with E-state index in [0.717, 1.165) is 0 Å². The minimum atomic E-state index is -1.97. The van der Waals surface area contributed by atoms with Gasteiger partial charge in [0, 0.05) is 0 Å². The maximum atomic E-state index is 13.0. The number of benzene rings is 1. The van der Waals surface area contributed by atoms with Crippen molar-refractivity contribution in [3.05, 3.63) is 29.3 Å². The number of aryl methyl sites for hydroxylation is 1. The van der Waals surface area contributed by atoms with Crippen molar-refractivity contribution in [3.63, 3.8) is 0 Å².